The molecule has 8 heteroatoms. The lowest BCUT2D eigenvalue weighted by atomic mass is 9.97. The number of nitrogens with one attached hydrogen (secondary N) is 2. The molecule has 0 amide bonds. The molecule has 0 bridgehead atoms. The number of guanidine groups is 1. The average molecular weight is 550 g/mol. The molecule has 1 aromatic rings. The molecule has 1 unspecified atom stereocenters. The predicted octanol–water partition coefficient (Wildman–Crippen LogP) is 3.10. The summed E-state index contributed by atoms with van der Waals surface area (Å²) in [6.45, 7) is 13.9. The van der Waals surface area contributed by atoms with Gasteiger partial charge in [0.1, 0.15) is 0 Å². The van der Waals surface area contributed by atoms with E-state index in [0.29, 0.717) is 5.92 Å². The summed E-state index contributed by atoms with van der Waals surface area (Å²) in [6, 6.07) is 4.39. The van der Waals surface area contributed by atoms with E-state index in [1.807, 2.05) is 18.4 Å². The summed E-state index contributed by atoms with van der Waals surface area (Å²) >= 11 is 1.86. The van der Waals surface area contributed by atoms with Crippen molar-refractivity contribution in [2.24, 2.45) is 16.8 Å². The molecule has 3 rings (SSSR count). The van der Waals surface area contributed by atoms with Crippen molar-refractivity contribution in [3.63, 3.8) is 0 Å². The number of halogens is 1. The molecule has 30 heavy (non-hydrogen) atoms. The minimum absolute atomic E-state index is 0. The van der Waals surface area contributed by atoms with Crippen LogP contribution in [-0.4, -0.2) is 81.3 Å². The topological polar surface area (TPSA) is 52.1 Å². The van der Waals surface area contributed by atoms with E-state index in [2.05, 4.69) is 56.8 Å². The van der Waals surface area contributed by atoms with Crippen molar-refractivity contribution < 1.29 is 4.74 Å². The summed E-state index contributed by atoms with van der Waals surface area (Å²) in [5.41, 5.74) is 0. The van der Waals surface area contributed by atoms with Gasteiger partial charge in [-0.25, -0.2) is 0 Å². The Morgan fingerprint density at radius 1 is 1.20 bits per heavy atom. The van der Waals surface area contributed by atoms with Gasteiger partial charge in [-0.3, -0.25) is 14.8 Å². The molecule has 0 aromatic carbocycles. The first-order valence-electron chi connectivity index (χ1n) is 11.2. The highest BCUT2D eigenvalue weighted by atomic mass is 127. The lowest BCUT2D eigenvalue weighted by Crippen LogP contribution is -2.50. The third kappa shape index (κ3) is 8.98. The molecule has 1 aromatic heterocycles. The minimum atomic E-state index is 0. The van der Waals surface area contributed by atoms with Gasteiger partial charge in [0, 0.05) is 51.2 Å². The number of nitrogens with zero attached hydrogens (tertiary/aromatic N) is 3. The number of thiophene rings is 1. The number of hydrogen-bond acceptors (Lipinski definition) is 5. The van der Waals surface area contributed by atoms with E-state index in [1.165, 1.54) is 30.8 Å². The van der Waals surface area contributed by atoms with Crippen LogP contribution < -0.4 is 10.6 Å². The molecule has 0 radical (unpaired) electrons. The second-order valence-corrected chi connectivity index (χ2v) is 9.81. The molecule has 0 spiro atoms. The van der Waals surface area contributed by atoms with Crippen LogP contribution in [0.2, 0.25) is 0 Å². The summed E-state index contributed by atoms with van der Waals surface area (Å²) in [6.07, 6.45) is 2.75. The summed E-state index contributed by atoms with van der Waals surface area (Å²) in [7, 11) is 1.85. The summed E-state index contributed by atoms with van der Waals surface area (Å²) in [5.74, 6) is 2.32. The number of morpholine rings is 1. The average Bonchev–Trinajstić information content (AvgIpc) is 3.22. The first-order chi connectivity index (χ1) is 14.1. The van der Waals surface area contributed by atoms with Gasteiger partial charge < -0.3 is 15.4 Å². The van der Waals surface area contributed by atoms with Crippen LogP contribution >= 0.6 is 35.3 Å². The van der Waals surface area contributed by atoms with E-state index in [0.717, 1.165) is 57.8 Å². The SMILES string of the molecule is CN=C(NCC1CCN(Cc2cccs2)CC1)NCC1CN(CC(C)C)CCO1.I. The molecular weight excluding hydrogens is 509 g/mol. The second-order valence-electron chi connectivity index (χ2n) is 8.78. The van der Waals surface area contributed by atoms with Gasteiger partial charge in [0.2, 0.25) is 0 Å². The fourth-order valence-electron chi connectivity index (χ4n) is 4.23. The van der Waals surface area contributed by atoms with Crippen LogP contribution in [0, 0.1) is 11.8 Å². The van der Waals surface area contributed by atoms with Crippen LogP contribution in [-0.2, 0) is 11.3 Å². The lowest BCUT2D eigenvalue weighted by Gasteiger charge is -2.34. The van der Waals surface area contributed by atoms with Gasteiger partial charge in [0.15, 0.2) is 5.96 Å². The normalized spacial score (nSPS) is 22.1. The summed E-state index contributed by atoms with van der Waals surface area (Å²) < 4.78 is 5.94. The molecule has 3 heterocycles. The van der Waals surface area contributed by atoms with Gasteiger partial charge in [0.25, 0.3) is 0 Å². The Balaban J connectivity index is 0.00000320. The molecule has 0 aliphatic carbocycles. The van der Waals surface area contributed by atoms with Gasteiger partial charge in [-0.2, -0.15) is 0 Å². The van der Waals surface area contributed by atoms with Crippen LogP contribution in [0.5, 0.6) is 0 Å². The Kier molecular flexibility index (Phi) is 12.0. The maximum absolute atomic E-state index is 5.94. The Bertz CT molecular complexity index is 605. The van der Waals surface area contributed by atoms with Gasteiger partial charge in [-0.15, -0.1) is 35.3 Å². The Morgan fingerprint density at radius 3 is 2.63 bits per heavy atom. The third-order valence-electron chi connectivity index (χ3n) is 5.79. The van der Waals surface area contributed by atoms with Crippen LogP contribution in [0.25, 0.3) is 0 Å². The van der Waals surface area contributed by atoms with Crippen molar-refractivity contribution >= 4 is 41.3 Å². The monoisotopic (exact) mass is 549 g/mol. The van der Waals surface area contributed by atoms with Gasteiger partial charge in [-0.1, -0.05) is 19.9 Å². The van der Waals surface area contributed by atoms with E-state index >= 15 is 0 Å². The van der Waals surface area contributed by atoms with Crippen molar-refractivity contribution in [3.05, 3.63) is 22.4 Å². The van der Waals surface area contributed by atoms with Crippen molar-refractivity contribution in [2.45, 2.75) is 39.3 Å². The number of rotatable bonds is 8. The zero-order valence-corrected chi connectivity index (χ0v) is 22.0. The fraction of sp³-hybridized carbons (Fsp3) is 0.773. The van der Waals surface area contributed by atoms with E-state index in [1.54, 1.807) is 0 Å². The molecule has 6 nitrogen and oxygen atoms in total. The predicted molar refractivity (Wildman–Crippen MR) is 138 cm³/mol. The first kappa shape index (κ1) is 25.8. The molecule has 2 aliphatic rings. The van der Waals surface area contributed by atoms with E-state index in [-0.39, 0.29) is 30.1 Å². The molecule has 2 saturated heterocycles. The highest BCUT2D eigenvalue weighted by Crippen LogP contribution is 2.20. The lowest BCUT2D eigenvalue weighted by molar-refractivity contribution is -0.0284. The van der Waals surface area contributed by atoms with Gasteiger partial charge in [-0.05, 0) is 49.2 Å². The van der Waals surface area contributed by atoms with E-state index < -0.39 is 0 Å². The number of aliphatic imine (C=N–C) groups is 1. The zero-order valence-electron chi connectivity index (χ0n) is 18.8. The third-order valence-corrected chi connectivity index (χ3v) is 6.65. The van der Waals surface area contributed by atoms with Crippen molar-refractivity contribution in [1.29, 1.82) is 0 Å². The maximum atomic E-state index is 5.94. The van der Waals surface area contributed by atoms with Crippen LogP contribution in [0.1, 0.15) is 31.6 Å². The first-order valence-corrected chi connectivity index (χ1v) is 12.0. The van der Waals surface area contributed by atoms with Crippen LogP contribution in [0.3, 0.4) is 0 Å². The molecule has 2 N–H and O–H groups in total. The molecule has 2 fully saturated rings. The van der Waals surface area contributed by atoms with Crippen molar-refractivity contribution in [3.8, 4) is 0 Å². The molecule has 0 saturated carbocycles. The van der Waals surface area contributed by atoms with Crippen molar-refractivity contribution in [1.82, 2.24) is 20.4 Å². The molecular formula is C22H40IN5OS. The Morgan fingerprint density at radius 2 is 1.97 bits per heavy atom. The Hall–Kier alpha value is -0.420. The summed E-state index contributed by atoms with van der Waals surface area (Å²) in [4.78, 5) is 11.0. The van der Waals surface area contributed by atoms with E-state index in [9.17, 15) is 0 Å². The van der Waals surface area contributed by atoms with E-state index in [4.69, 9.17) is 4.74 Å². The number of hydrogen-bond donors (Lipinski definition) is 2. The van der Waals surface area contributed by atoms with Gasteiger partial charge in [0.05, 0.1) is 12.7 Å². The standard InChI is InChI=1S/C22H39N5OS.HI/c1-18(2)15-27-10-11-28-20(16-27)14-25-22(23-3)24-13-19-6-8-26(9-7-19)17-21-5-4-12-29-21;/h4-5,12,18-20H,6-11,13-17H2,1-3H3,(H2,23,24,25);1H. The summed E-state index contributed by atoms with van der Waals surface area (Å²) in [5, 5.41) is 9.18. The highest BCUT2D eigenvalue weighted by molar-refractivity contribution is 14.0. The quantitative estimate of drug-likeness (QED) is 0.297. The number of likely N-dealkylation sites (tertiary alicyclic amines) is 1. The van der Waals surface area contributed by atoms with Crippen LogP contribution in [0.15, 0.2) is 22.5 Å². The second kappa shape index (κ2) is 13.9. The smallest absolute Gasteiger partial charge is 0.191 e. The Labute approximate surface area is 203 Å². The number of piperidine rings is 1. The number of ether oxygens (including phenoxy) is 1. The molecule has 172 valence electrons. The maximum Gasteiger partial charge on any atom is 0.191 e. The fourth-order valence-corrected chi connectivity index (χ4v) is 4.98. The molecule has 2 aliphatic heterocycles. The van der Waals surface area contributed by atoms with Gasteiger partial charge >= 0.3 is 0 Å². The zero-order chi connectivity index (χ0) is 20.5. The van der Waals surface area contributed by atoms with Crippen molar-refractivity contribution in [2.75, 3.05) is 59.5 Å². The molecule has 1 atom stereocenters. The largest absolute Gasteiger partial charge is 0.374 e. The highest BCUT2D eigenvalue weighted by Gasteiger charge is 2.22. The minimum Gasteiger partial charge on any atom is -0.374 e. The van der Waals surface area contributed by atoms with Crippen LogP contribution in [0.4, 0.5) is 0 Å².